The number of nitrogens with one attached hydrogen (secondary N) is 1. The molecule has 30 heavy (non-hydrogen) atoms. The highest BCUT2D eigenvalue weighted by atomic mass is 127. The summed E-state index contributed by atoms with van der Waals surface area (Å²) in [6, 6.07) is 14.3. The third-order valence-corrected chi connectivity index (χ3v) is 7.49. The molecule has 1 saturated carbocycles. The SMILES string of the molecule is COc1ccc(C23CCC(NC(=O)c4ccc(I)cc4)CC2CN(C)C3)cc1OC. The van der Waals surface area contributed by atoms with Crippen LogP contribution in [0.1, 0.15) is 35.2 Å². The van der Waals surface area contributed by atoms with E-state index >= 15 is 0 Å². The first-order valence-electron chi connectivity index (χ1n) is 10.4. The van der Waals surface area contributed by atoms with E-state index in [-0.39, 0.29) is 17.4 Å². The monoisotopic (exact) mass is 520 g/mol. The van der Waals surface area contributed by atoms with Crippen molar-refractivity contribution in [2.45, 2.75) is 30.7 Å². The van der Waals surface area contributed by atoms with E-state index in [0.717, 1.165) is 53.0 Å². The number of fused-ring (bicyclic) bond motifs is 1. The zero-order valence-electron chi connectivity index (χ0n) is 17.8. The lowest BCUT2D eigenvalue weighted by atomic mass is 9.63. The smallest absolute Gasteiger partial charge is 0.251 e. The Bertz CT molecular complexity index is 917. The van der Waals surface area contributed by atoms with E-state index in [1.54, 1.807) is 14.2 Å². The zero-order chi connectivity index (χ0) is 21.3. The molecule has 0 radical (unpaired) electrons. The van der Waals surface area contributed by atoms with Crippen LogP contribution in [0.15, 0.2) is 42.5 Å². The van der Waals surface area contributed by atoms with Gasteiger partial charge in [0.05, 0.1) is 14.2 Å². The van der Waals surface area contributed by atoms with E-state index in [9.17, 15) is 4.79 Å². The van der Waals surface area contributed by atoms with Crippen LogP contribution in [0.3, 0.4) is 0 Å². The molecule has 1 aliphatic carbocycles. The molecule has 0 bridgehead atoms. The summed E-state index contributed by atoms with van der Waals surface area (Å²) in [7, 11) is 5.55. The summed E-state index contributed by atoms with van der Waals surface area (Å²) in [5.74, 6) is 2.07. The third kappa shape index (κ3) is 4.04. The summed E-state index contributed by atoms with van der Waals surface area (Å²) in [5.41, 5.74) is 2.14. The van der Waals surface area contributed by atoms with Gasteiger partial charge in [-0.2, -0.15) is 0 Å². The van der Waals surface area contributed by atoms with Gasteiger partial charge < -0.3 is 19.7 Å². The predicted octanol–water partition coefficient (Wildman–Crippen LogP) is 4.09. The number of hydrogen-bond donors (Lipinski definition) is 1. The van der Waals surface area contributed by atoms with Crippen LogP contribution in [0.25, 0.3) is 0 Å². The van der Waals surface area contributed by atoms with Gasteiger partial charge in [-0.3, -0.25) is 4.79 Å². The Balaban J connectivity index is 1.53. The quantitative estimate of drug-likeness (QED) is 0.604. The van der Waals surface area contributed by atoms with Gasteiger partial charge in [0, 0.05) is 33.7 Å². The van der Waals surface area contributed by atoms with Crippen LogP contribution < -0.4 is 14.8 Å². The fraction of sp³-hybridized carbons (Fsp3) is 0.458. The molecule has 3 atom stereocenters. The number of rotatable bonds is 5. The predicted molar refractivity (Wildman–Crippen MR) is 126 cm³/mol. The molecule has 5 nitrogen and oxygen atoms in total. The highest BCUT2D eigenvalue weighted by Crippen LogP contribution is 2.49. The van der Waals surface area contributed by atoms with Gasteiger partial charge in [0.25, 0.3) is 5.91 Å². The highest BCUT2D eigenvalue weighted by Gasteiger charge is 2.50. The first-order valence-corrected chi connectivity index (χ1v) is 11.5. The topological polar surface area (TPSA) is 50.8 Å². The van der Waals surface area contributed by atoms with Crippen LogP contribution in [0, 0.1) is 9.49 Å². The summed E-state index contributed by atoms with van der Waals surface area (Å²) in [6.45, 7) is 2.08. The molecular formula is C24H29IN2O3. The maximum absolute atomic E-state index is 12.7. The molecule has 2 aliphatic rings. The number of hydrogen-bond acceptors (Lipinski definition) is 4. The Morgan fingerprint density at radius 3 is 2.57 bits per heavy atom. The Labute approximate surface area is 192 Å². The van der Waals surface area contributed by atoms with Crippen LogP contribution in [0.5, 0.6) is 11.5 Å². The second-order valence-electron chi connectivity index (χ2n) is 8.57. The average molecular weight is 520 g/mol. The van der Waals surface area contributed by atoms with Crippen molar-refractivity contribution >= 4 is 28.5 Å². The number of benzene rings is 2. The Morgan fingerprint density at radius 1 is 1.13 bits per heavy atom. The molecule has 6 heteroatoms. The maximum atomic E-state index is 12.7. The summed E-state index contributed by atoms with van der Waals surface area (Å²) in [6.07, 6.45) is 3.03. The summed E-state index contributed by atoms with van der Waals surface area (Å²) < 4.78 is 12.1. The summed E-state index contributed by atoms with van der Waals surface area (Å²) >= 11 is 2.26. The number of halogens is 1. The van der Waals surface area contributed by atoms with Gasteiger partial charge in [-0.15, -0.1) is 0 Å². The molecule has 160 valence electrons. The fourth-order valence-corrected chi connectivity index (χ4v) is 5.68. The molecule has 0 aromatic heterocycles. The lowest BCUT2D eigenvalue weighted by Gasteiger charge is -2.43. The minimum atomic E-state index is 0.0290. The molecule has 0 spiro atoms. The van der Waals surface area contributed by atoms with Crippen LogP contribution >= 0.6 is 22.6 Å². The van der Waals surface area contributed by atoms with Crippen LogP contribution in [-0.4, -0.2) is 51.2 Å². The number of carbonyl (C=O) groups excluding carboxylic acids is 1. The van der Waals surface area contributed by atoms with Gasteiger partial charge in [-0.1, -0.05) is 6.07 Å². The molecule has 2 fully saturated rings. The van der Waals surface area contributed by atoms with E-state index in [4.69, 9.17) is 9.47 Å². The van der Waals surface area contributed by atoms with Gasteiger partial charge in [-0.05, 0) is 96.8 Å². The van der Waals surface area contributed by atoms with Crippen molar-refractivity contribution in [2.75, 3.05) is 34.4 Å². The number of likely N-dealkylation sites (tertiary alicyclic amines) is 1. The second kappa shape index (κ2) is 8.75. The molecule has 1 N–H and O–H groups in total. The van der Waals surface area contributed by atoms with Crippen molar-refractivity contribution in [3.63, 3.8) is 0 Å². The van der Waals surface area contributed by atoms with Gasteiger partial charge in [0.15, 0.2) is 11.5 Å². The molecule has 4 rings (SSSR count). The average Bonchev–Trinajstić information content (AvgIpc) is 3.09. The standard InChI is InChI=1S/C24H29IN2O3/c1-27-14-18-12-20(26-23(28)16-4-7-19(25)8-5-16)10-11-24(18,15-27)17-6-9-21(29-2)22(13-17)30-3/h4-9,13,18,20H,10-12,14-15H2,1-3H3,(H,26,28). The first kappa shape index (κ1) is 21.4. The Morgan fingerprint density at radius 2 is 1.87 bits per heavy atom. The largest absolute Gasteiger partial charge is 0.493 e. The molecule has 1 saturated heterocycles. The van der Waals surface area contributed by atoms with Crippen LogP contribution in [0.4, 0.5) is 0 Å². The van der Waals surface area contributed by atoms with Gasteiger partial charge >= 0.3 is 0 Å². The lowest BCUT2D eigenvalue weighted by molar-refractivity contribution is 0.0904. The number of likely N-dealkylation sites (N-methyl/N-ethyl adjacent to an activating group) is 1. The molecule has 3 unspecified atom stereocenters. The summed E-state index contributed by atoms with van der Waals surface area (Å²) in [5, 5.41) is 3.29. The first-order chi connectivity index (χ1) is 14.4. The molecule has 2 aromatic rings. The number of amides is 1. The molecule has 1 aliphatic heterocycles. The lowest BCUT2D eigenvalue weighted by Crippen LogP contribution is -2.47. The maximum Gasteiger partial charge on any atom is 0.251 e. The van der Waals surface area contributed by atoms with Crippen molar-refractivity contribution in [1.29, 1.82) is 0 Å². The Kier molecular flexibility index (Phi) is 6.25. The minimum Gasteiger partial charge on any atom is -0.493 e. The highest BCUT2D eigenvalue weighted by molar-refractivity contribution is 14.1. The molecule has 1 heterocycles. The number of carbonyl (C=O) groups is 1. The fourth-order valence-electron chi connectivity index (χ4n) is 5.32. The van der Waals surface area contributed by atoms with E-state index in [1.165, 1.54) is 5.56 Å². The Hall–Kier alpha value is -1.80. The van der Waals surface area contributed by atoms with E-state index in [1.807, 2.05) is 30.3 Å². The normalized spacial score (nSPS) is 26.1. The second-order valence-corrected chi connectivity index (χ2v) is 9.82. The van der Waals surface area contributed by atoms with Gasteiger partial charge in [0.1, 0.15) is 0 Å². The van der Waals surface area contributed by atoms with Crippen molar-refractivity contribution in [3.8, 4) is 11.5 Å². The van der Waals surface area contributed by atoms with Crippen molar-refractivity contribution in [3.05, 3.63) is 57.2 Å². The van der Waals surface area contributed by atoms with Crippen LogP contribution in [-0.2, 0) is 5.41 Å². The molecule has 1 amide bonds. The minimum absolute atomic E-state index is 0.0290. The van der Waals surface area contributed by atoms with Crippen molar-refractivity contribution in [2.24, 2.45) is 5.92 Å². The van der Waals surface area contributed by atoms with E-state index < -0.39 is 0 Å². The third-order valence-electron chi connectivity index (χ3n) is 6.77. The summed E-state index contributed by atoms with van der Waals surface area (Å²) in [4.78, 5) is 15.2. The van der Waals surface area contributed by atoms with Gasteiger partial charge in [-0.25, -0.2) is 0 Å². The molecular weight excluding hydrogens is 491 g/mol. The van der Waals surface area contributed by atoms with E-state index in [0.29, 0.717) is 5.92 Å². The molecule has 2 aromatic carbocycles. The zero-order valence-corrected chi connectivity index (χ0v) is 19.9. The van der Waals surface area contributed by atoms with Gasteiger partial charge in [0.2, 0.25) is 0 Å². The van der Waals surface area contributed by atoms with Crippen molar-refractivity contribution in [1.82, 2.24) is 10.2 Å². The number of nitrogens with zero attached hydrogens (tertiary/aromatic N) is 1. The number of methoxy groups -OCH3 is 2. The van der Waals surface area contributed by atoms with Crippen LogP contribution in [0.2, 0.25) is 0 Å². The van der Waals surface area contributed by atoms with E-state index in [2.05, 4.69) is 52.0 Å². The van der Waals surface area contributed by atoms with Crippen molar-refractivity contribution < 1.29 is 14.3 Å². The number of ether oxygens (including phenoxy) is 2.